The highest BCUT2D eigenvalue weighted by molar-refractivity contribution is 6.43. The molecule has 0 bridgehead atoms. The first-order valence-corrected chi connectivity index (χ1v) is 6.56. The lowest BCUT2D eigenvalue weighted by molar-refractivity contribution is 0.103. The van der Waals surface area contributed by atoms with Gasteiger partial charge in [0.05, 0.1) is 26.2 Å². The first-order valence-electron chi connectivity index (χ1n) is 5.05. The molecule has 19 heavy (non-hydrogen) atoms. The Bertz CT molecular complexity index is 647. The van der Waals surface area contributed by atoms with Crippen LogP contribution in [0.4, 0.5) is 4.39 Å². The molecule has 0 saturated carbocycles. The molecule has 0 radical (unpaired) electrons. The Morgan fingerprint density at radius 3 is 2.11 bits per heavy atom. The second kappa shape index (κ2) is 5.68. The number of benzene rings is 2. The molecule has 0 spiro atoms. The number of hydrogen-bond acceptors (Lipinski definition) is 1. The van der Waals surface area contributed by atoms with E-state index in [0.717, 1.165) is 0 Å². The molecule has 98 valence electrons. The second-order valence-electron chi connectivity index (χ2n) is 3.67. The molecule has 0 amide bonds. The summed E-state index contributed by atoms with van der Waals surface area (Å²) in [4.78, 5) is 12.3. The molecule has 0 aliphatic carbocycles. The maximum atomic E-state index is 13.8. The van der Waals surface area contributed by atoms with Gasteiger partial charge in [-0.15, -0.1) is 0 Å². The number of carbonyl (C=O) groups excluding carboxylic acids is 1. The van der Waals surface area contributed by atoms with Gasteiger partial charge in [0.1, 0.15) is 0 Å². The fourth-order valence-electron chi connectivity index (χ4n) is 1.57. The predicted octanol–water partition coefficient (Wildman–Crippen LogP) is 5.67. The Balaban J connectivity index is 2.60. The third-order valence-corrected chi connectivity index (χ3v) is 3.54. The molecule has 0 fully saturated rings. The van der Waals surface area contributed by atoms with Gasteiger partial charge in [0.2, 0.25) is 0 Å². The van der Waals surface area contributed by atoms with Crippen molar-refractivity contribution in [2.24, 2.45) is 0 Å². The molecule has 0 heterocycles. The number of ketones is 1. The summed E-state index contributed by atoms with van der Waals surface area (Å²) in [5, 5.41) is 0.258. The molecule has 6 heteroatoms. The lowest BCUT2D eigenvalue weighted by atomic mass is 10.0. The third kappa shape index (κ3) is 2.87. The van der Waals surface area contributed by atoms with Gasteiger partial charge < -0.3 is 0 Å². The van der Waals surface area contributed by atoms with Crippen molar-refractivity contribution in [3.8, 4) is 0 Å². The van der Waals surface area contributed by atoms with E-state index < -0.39 is 11.6 Å². The topological polar surface area (TPSA) is 17.1 Å². The number of carbonyl (C=O) groups is 1. The summed E-state index contributed by atoms with van der Waals surface area (Å²) in [7, 11) is 0. The van der Waals surface area contributed by atoms with Crippen LogP contribution in [-0.2, 0) is 0 Å². The van der Waals surface area contributed by atoms with Crippen molar-refractivity contribution in [3.05, 3.63) is 67.4 Å². The van der Waals surface area contributed by atoms with E-state index in [-0.39, 0.29) is 31.2 Å². The van der Waals surface area contributed by atoms with Crippen molar-refractivity contribution in [1.82, 2.24) is 0 Å². The van der Waals surface area contributed by atoms with Crippen LogP contribution >= 0.6 is 46.4 Å². The summed E-state index contributed by atoms with van der Waals surface area (Å²) in [6.07, 6.45) is 0. The number of halogens is 5. The van der Waals surface area contributed by atoms with Gasteiger partial charge in [-0.1, -0.05) is 52.5 Å². The second-order valence-corrected chi connectivity index (χ2v) is 5.33. The molecule has 0 saturated heterocycles. The first-order chi connectivity index (χ1) is 8.91. The minimum absolute atomic E-state index is 0.00565. The number of rotatable bonds is 2. The summed E-state index contributed by atoms with van der Waals surface area (Å²) < 4.78 is 13.8. The molecule has 0 atom stereocenters. The monoisotopic (exact) mass is 336 g/mol. The maximum absolute atomic E-state index is 13.8. The van der Waals surface area contributed by atoms with Crippen molar-refractivity contribution in [1.29, 1.82) is 0 Å². The first kappa shape index (κ1) is 14.6. The Kier molecular flexibility index (Phi) is 4.36. The molecule has 0 aromatic heterocycles. The largest absolute Gasteiger partial charge is 0.288 e. The Morgan fingerprint density at radius 2 is 1.53 bits per heavy atom. The van der Waals surface area contributed by atoms with Crippen LogP contribution in [0.3, 0.4) is 0 Å². The van der Waals surface area contributed by atoms with Gasteiger partial charge in [0, 0.05) is 5.02 Å². The van der Waals surface area contributed by atoms with E-state index in [1.54, 1.807) is 0 Å². The molecule has 1 nitrogen and oxygen atoms in total. The molecule has 2 aromatic rings. The van der Waals surface area contributed by atoms with E-state index in [2.05, 4.69) is 0 Å². The van der Waals surface area contributed by atoms with Gasteiger partial charge in [0.15, 0.2) is 11.6 Å². The quantitative estimate of drug-likeness (QED) is 0.645. The van der Waals surface area contributed by atoms with Crippen LogP contribution < -0.4 is 0 Å². The molecule has 0 N–H and O–H groups in total. The lowest BCUT2D eigenvalue weighted by Crippen LogP contribution is -2.06. The highest BCUT2D eigenvalue weighted by Crippen LogP contribution is 2.32. The van der Waals surface area contributed by atoms with Crippen LogP contribution in [0.5, 0.6) is 0 Å². The van der Waals surface area contributed by atoms with Gasteiger partial charge in [-0.05, 0) is 24.3 Å². The van der Waals surface area contributed by atoms with E-state index in [1.165, 1.54) is 30.3 Å². The zero-order valence-electron chi connectivity index (χ0n) is 9.18. The highest BCUT2D eigenvalue weighted by Gasteiger charge is 2.21. The summed E-state index contributed by atoms with van der Waals surface area (Å²) in [6, 6.07) is 6.86. The minimum atomic E-state index is -0.809. The maximum Gasteiger partial charge on any atom is 0.199 e. The van der Waals surface area contributed by atoms with E-state index in [0.29, 0.717) is 0 Å². The van der Waals surface area contributed by atoms with E-state index >= 15 is 0 Å². The number of hydrogen-bond donors (Lipinski definition) is 0. The fraction of sp³-hybridized carbons (Fsp3) is 0. The zero-order valence-corrected chi connectivity index (χ0v) is 12.2. The van der Waals surface area contributed by atoms with Crippen LogP contribution in [0.25, 0.3) is 0 Å². The normalized spacial score (nSPS) is 10.6. The molecular formula is C13H5Cl4FO. The highest BCUT2D eigenvalue weighted by atomic mass is 35.5. The molecule has 0 aliphatic heterocycles. The summed E-state index contributed by atoms with van der Waals surface area (Å²) in [5.74, 6) is -1.46. The smallest absolute Gasteiger partial charge is 0.199 e. The Hall–Kier alpha value is -0.800. The van der Waals surface area contributed by atoms with Crippen molar-refractivity contribution in [2.45, 2.75) is 0 Å². The minimum Gasteiger partial charge on any atom is -0.288 e. The van der Waals surface area contributed by atoms with E-state index in [9.17, 15) is 9.18 Å². The third-order valence-electron chi connectivity index (χ3n) is 2.43. The molecular weight excluding hydrogens is 333 g/mol. The van der Waals surface area contributed by atoms with E-state index in [4.69, 9.17) is 46.4 Å². The van der Waals surface area contributed by atoms with Gasteiger partial charge >= 0.3 is 0 Å². The van der Waals surface area contributed by atoms with Gasteiger partial charge in [-0.3, -0.25) is 4.79 Å². The average Bonchev–Trinajstić information content (AvgIpc) is 2.31. The van der Waals surface area contributed by atoms with E-state index in [1.807, 2.05) is 0 Å². The lowest BCUT2D eigenvalue weighted by Gasteiger charge is -2.08. The summed E-state index contributed by atoms with van der Waals surface area (Å²) in [6.45, 7) is 0. The average molecular weight is 338 g/mol. The fourth-order valence-corrected chi connectivity index (χ4v) is 2.74. The van der Waals surface area contributed by atoms with Crippen molar-refractivity contribution < 1.29 is 9.18 Å². The van der Waals surface area contributed by atoms with Gasteiger partial charge in [-0.2, -0.15) is 0 Å². The molecule has 0 unspecified atom stereocenters. The van der Waals surface area contributed by atoms with Crippen LogP contribution in [-0.4, -0.2) is 5.78 Å². The standard InChI is InChI=1S/C13H5Cl4FO/c14-6-4-9(16)11(10(17)5-6)13(19)7-2-1-3-8(15)12(7)18/h1-5H. The Labute approximate surface area is 128 Å². The van der Waals surface area contributed by atoms with Crippen molar-refractivity contribution in [2.75, 3.05) is 0 Å². The van der Waals surface area contributed by atoms with Gasteiger partial charge in [-0.25, -0.2) is 4.39 Å². The van der Waals surface area contributed by atoms with Crippen LogP contribution in [0.2, 0.25) is 20.1 Å². The van der Waals surface area contributed by atoms with Crippen molar-refractivity contribution >= 4 is 52.2 Å². The van der Waals surface area contributed by atoms with Gasteiger partial charge in [0.25, 0.3) is 0 Å². The molecule has 2 aromatic carbocycles. The predicted molar refractivity (Wildman–Crippen MR) is 76.3 cm³/mol. The Morgan fingerprint density at radius 1 is 0.947 bits per heavy atom. The van der Waals surface area contributed by atoms with Crippen molar-refractivity contribution in [3.63, 3.8) is 0 Å². The van der Waals surface area contributed by atoms with Crippen LogP contribution in [0.15, 0.2) is 30.3 Å². The summed E-state index contributed by atoms with van der Waals surface area (Å²) in [5.41, 5.74) is -0.201. The van der Waals surface area contributed by atoms with Crippen LogP contribution in [0.1, 0.15) is 15.9 Å². The van der Waals surface area contributed by atoms with Crippen LogP contribution in [0, 0.1) is 5.82 Å². The molecule has 0 aliphatic rings. The molecule has 2 rings (SSSR count). The zero-order chi connectivity index (χ0) is 14.2. The SMILES string of the molecule is O=C(c1cccc(Cl)c1F)c1c(Cl)cc(Cl)cc1Cl. The summed E-state index contributed by atoms with van der Waals surface area (Å²) >= 11 is 23.2.